The second kappa shape index (κ2) is 4.31. The molecule has 15 heavy (non-hydrogen) atoms. The Kier molecular flexibility index (Phi) is 3.05. The van der Waals surface area contributed by atoms with Crippen LogP contribution in [0.4, 0.5) is 0 Å². The number of amides is 1. The van der Waals surface area contributed by atoms with Crippen LogP contribution in [0.3, 0.4) is 0 Å². The van der Waals surface area contributed by atoms with Gasteiger partial charge in [0.2, 0.25) is 5.91 Å². The van der Waals surface area contributed by atoms with Crippen molar-refractivity contribution in [1.29, 1.82) is 0 Å². The molecule has 0 radical (unpaired) electrons. The normalized spacial score (nSPS) is 35.3. The number of nitrogens with zero attached hydrogens (tertiary/aromatic N) is 1. The van der Waals surface area contributed by atoms with Gasteiger partial charge in [0.1, 0.15) is 6.29 Å². The first kappa shape index (κ1) is 10.6. The number of likely N-dealkylation sites (tertiary alicyclic amines) is 1. The number of nitrogens with two attached hydrogens (primary N) is 1. The summed E-state index contributed by atoms with van der Waals surface area (Å²) in [7, 11) is 0. The molecule has 2 aliphatic rings. The zero-order valence-electron chi connectivity index (χ0n) is 8.89. The highest BCUT2D eigenvalue weighted by Gasteiger charge is 2.42. The van der Waals surface area contributed by atoms with Crippen molar-refractivity contribution in [3.05, 3.63) is 0 Å². The van der Waals surface area contributed by atoms with Crippen LogP contribution in [-0.4, -0.2) is 36.7 Å². The van der Waals surface area contributed by atoms with Crippen LogP contribution in [0, 0.1) is 17.8 Å². The van der Waals surface area contributed by atoms with E-state index in [2.05, 4.69) is 4.90 Å². The molecular weight excluding hydrogens is 192 g/mol. The van der Waals surface area contributed by atoms with E-state index in [-0.39, 0.29) is 11.8 Å². The maximum absolute atomic E-state index is 11.0. The predicted molar refractivity (Wildman–Crippen MR) is 56.0 cm³/mol. The van der Waals surface area contributed by atoms with Crippen molar-refractivity contribution in [2.75, 3.05) is 19.6 Å². The number of carbonyl (C=O) groups is 2. The molecule has 0 spiro atoms. The Morgan fingerprint density at radius 1 is 1.33 bits per heavy atom. The average Bonchev–Trinajstić information content (AvgIpc) is 2.71. The van der Waals surface area contributed by atoms with Gasteiger partial charge in [-0.05, 0) is 24.7 Å². The van der Waals surface area contributed by atoms with Crippen LogP contribution in [0.2, 0.25) is 0 Å². The van der Waals surface area contributed by atoms with E-state index in [0.717, 1.165) is 38.8 Å². The fourth-order valence-corrected chi connectivity index (χ4v) is 3.05. The molecule has 84 valence electrons. The summed E-state index contributed by atoms with van der Waals surface area (Å²) in [6.07, 6.45) is 3.51. The summed E-state index contributed by atoms with van der Waals surface area (Å²) in [5, 5.41) is 0. The van der Waals surface area contributed by atoms with Gasteiger partial charge in [0.15, 0.2) is 0 Å². The van der Waals surface area contributed by atoms with Gasteiger partial charge in [-0.2, -0.15) is 0 Å². The zero-order chi connectivity index (χ0) is 10.8. The molecule has 0 aromatic rings. The molecule has 1 saturated heterocycles. The van der Waals surface area contributed by atoms with E-state index < -0.39 is 0 Å². The first-order valence-corrected chi connectivity index (χ1v) is 5.66. The van der Waals surface area contributed by atoms with Crippen molar-refractivity contribution in [1.82, 2.24) is 4.90 Å². The topological polar surface area (TPSA) is 63.4 Å². The van der Waals surface area contributed by atoms with Gasteiger partial charge in [-0.1, -0.05) is 0 Å². The van der Waals surface area contributed by atoms with Crippen LogP contribution in [0.1, 0.15) is 19.3 Å². The number of aldehydes is 1. The van der Waals surface area contributed by atoms with Crippen LogP contribution in [0.25, 0.3) is 0 Å². The number of primary amides is 1. The molecule has 2 unspecified atom stereocenters. The summed E-state index contributed by atoms with van der Waals surface area (Å²) in [5.41, 5.74) is 5.32. The van der Waals surface area contributed by atoms with E-state index in [0.29, 0.717) is 18.3 Å². The van der Waals surface area contributed by atoms with Gasteiger partial charge in [-0.3, -0.25) is 4.79 Å². The fourth-order valence-electron chi connectivity index (χ4n) is 3.05. The van der Waals surface area contributed by atoms with Crippen LogP contribution < -0.4 is 5.73 Å². The van der Waals surface area contributed by atoms with Gasteiger partial charge < -0.3 is 15.4 Å². The van der Waals surface area contributed by atoms with Crippen molar-refractivity contribution in [3.63, 3.8) is 0 Å². The molecule has 2 N–H and O–H groups in total. The Morgan fingerprint density at radius 2 is 1.93 bits per heavy atom. The molecule has 1 amide bonds. The molecule has 2 fully saturated rings. The number of rotatable bonds is 4. The number of fused-ring (bicyclic) bond motifs is 1. The van der Waals surface area contributed by atoms with Crippen molar-refractivity contribution < 1.29 is 9.59 Å². The highest BCUT2D eigenvalue weighted by atomic mass is 16.1. The SMILES string of the molecule is NC(=O)C1CC2CN(CCC=O)CC2C1. The number of carbonyl (C=O) groups excluding carboxylic acids is 2. The van der Waals surface area contributed by atoms with Crippen molar-refractivity contribution in [2.45, 2.75) is 19.3 Å². The lowest BCUT2D eigenvalue weighted by Gasteiger charge is -2.16. The highest BCUT2D eigenvalue weighted by Crippen LogP contribution is 2.41. The quantitative estimate of drug-likeness (QED) is 0.665. The van der Waals surface area contributed by atoms with E-state index in [4.69, 9.17) is 5.73 Å². The minimum Gasteiger partial charge on any atom is -0.369 e. The van der Waals surface area contributed by atoms with E-state index in [1.54, 1.807) is 0 Å². The molecule has 0 bridgehead atoms. The van der Waals surface area contributed by atoms with E-state index in [1.165, 1.54) is 0 Å². The van der Waals surface area contributed by atoms with Crippen LogP contribution in [0.5, 0.6) is 0 Å². The van der Waals surface area contributed by atoms with Crippen LogP contribution in [0.15, 0.2) is 0 Å². The van der Waals surface area contributed by atoms with E-state index in [9.17, 15) is 9.59 Å². The monoisotopic (exact) mass is 210 g/mol. The van der Waals surface area contributed by atoms with Gasteiger partial charge >= 0.3 is 0 Å². The van der Waals surface area contributed by atoms with E-state index in [1.807, 2.05) is 0 Å². The Labute approximate surface area is 89.8 Å². The van der Waals surface area contributed by atoms with E-state index >= 15 is 0 Å². The summed E-state index contributed by atoms with van der Waals surface area (Å²) in [4.78, 5) is 23.6. The van der Waals surface area contributed by atoms with Crippen LogP contribution in [-0.2, 0) is 9.59 Å². The molecule has 4 heteroatoms. The Morgan fingerprint density at radius 3 is 2.40 bits per heavy atom. The summed E-state index contributed by atoms with van der Waals surface area (Å²) in [5.74, 6) is 1.24. The smallest absolute Gasteiger partial charge is 0.220 e. The highest BCUT2D eigenvalue weighted by molar-refractivity contribution is 5.77. The molecule has 0 aromatic heterocycles. The van der Waals surface area contributed by atoms with Gasteiger partial charge in [0.25, 0.3) is 0 Å². The van der Waals surface area contributed by atoms with Crippen molar-refractivity contribution in [3.8, 4) is 0 Å². The Balaban J connectivity index is 1.82. The molecule has 1 aliphatic carbocycles. The molecule has 1 heterocycles. The zero-order valence-corrected chi connectivity index (χ0v) is 8.89. The first-order chi connectivity index (χ1) is 7.20. The lowest BCUT2D eigenvalue weighted by molar-refractivity contribution is -0.121. The third-order valence-electron chi connectivity index (χ3n) is 3.79. The molecular formula is C11H18N2O2. The summed E-state index contributed by atoms with van der Waals surface area (Å²) in [6, 6.07) is 0. The second-order valence-corrected chi connectivity index (χ2v) is 4.81. The van der Waals surface area contributed by atoms with Crippen molar-refractivity contribution in [2.24, 2.45) is 23.5 Å². The maximum atomic E-state index is 11.0. The average molecular weight is 210 g/mol. The molecule has 4 nitrogen and oxygen atoms in total. The minimum absolute atomic E-state index is 0.105. The summed E-state index contributed by atoms with van der Waals surface area (Å²) >= 11 is 0. The third kappa shape index (κ3) is 2.20. The van der Waals surface area contributed by atoms with Crippen molar-refractivity contribution >= 4 is 12.2 Å². The molecule has 2 rings (SSSR count). The lowest BCUT2D eigenvalue weighted by atomic mass is 10.0. The standard InChI is InChI=1S/C11H18N2O2/c12-11(15)8-4-9-6-13(2-1-3-14)7-10(9)5-8/h3,8-10H,1-2,4-7H2,(H2,12,15). The van der Waals surface area contributed by atoms with Crippen LogP contribution >= 0.6 is 0 Å². The Bertz CT molecular complexity index is 253. The maximum Gasteiger partial charge on any atom is 0.220 e. The first-order valence-electron chi connectivity index (χ1n) is 5.66. The minimum atomic E-state index is -0.135. The number of hydrogen-bond donors (Lipinski definition) is 1. The van der Waals surface area contributed by atoms with Gasteiger partial charge in [0, 0.05) is 32.0 Å². The van der Waals surface area contributed by atoms with Gasteiger partial charge in [0.05, 0.1) is 0 Å². The Hall–Kier alpha value is -0.900. The number of hydrogen-bond acceptors (Lipinski definition) is 3. The van der Waals surface area contributed by atoms with Gasteiger partial charge in [-0.25, -0.2) is 0 Å². The summed E-state index contributed by atoms with van der Waals surface area (Å²) in [6.45, 7) is 2.96. The molecule has 2 atom stereocenters. The lowest BCUT2D eigenvalue weighted by Crippen LogP contribution is -2.27. The fraction of sp³-hybridized carbons (Fsp3) is 0.818. The predicted octanol–water partition coefficient (Wildman–Crippen LogP) is 0.0187. The molecule has 1 saturated carbocycles. The molecule has 1 aliphatic heterocycles. The third-order valence-corrected chi connectivity index (χ3v) is 3.79. The van der Waals surface area contributed by atoms with Gasteiger partial charge in [-0.15, -0.1) is 0 Å². The largest absolute Gasteiger partial charge is 0.369 e. The molecule has 0 aromatic carbocycles. The second-order valence-electron chi connectivity index (χ2n) is 4.81. The summed E-state index contributed by atoms with van der Waals surface area (Å²) < 4.78 is 0.